The molecule has 0 aromatic heterocycles. The third kappa shape index (κ3) is 9.61. The lowest BCUT2D eigenvalue weighted by molar-refractivity contribution is 0.0354. The Hall–Kier alpha value is -0.910. The van der Waals surface area contributed by atoms with Gasteiger partial charge in [0.2, 0.25) is 0 Å². The predicted octanol–water partition coefficient (Wildman–Crippen LogP) is 3.47. The third-order valence-corrected chi connectivity index (χ3v) is 3.23. The summed E-state index contributed by atoms with van der Waals surface area (Å²) in [6, 6.07) is 7.01. The molecule has 0 radical (unpaired) electrons. The lowest BCUT2D eigenvalue weighted by Crippen LogP contribution is -2.11. The first-order valence-electron chi connectivity index (χ1n) is 7.20. The Bertz CT molecular complexity index is 378. The molecule has 0 saturated carbocycles. The first-order chi connectivity index (χ1) is 10.2. The topological polar surface area (TPSA) is 44.8 Å². The van der Waals surface area contributed by atoms with Gasteiger partial charge in [0.05, 0.1) is 19.8 Å². The van der Waals surface area contributed by atoms with Crippen LogP contribution in [0.5, 0.6) is 5.75 Å². The highest BCUT2D eigenvalue weighted by atomic mass is 79.9. The van der Waals surface area contributed by atoms with E-state index in [1.807, 2.05) is 0 Å². The van der Waals surface area contributed by atoms with Crippen molar-refractivity contribution < 1.29 is 19.0 Å². The molecular formula is C16H23BrO4. The van der Waals surface area contributed by atoms with Crippen LogP contribution in [0.25, 0.3) is 0 Å². The zero-order valence-electron chi connectivity index (χ0n) is 12.4. The molecule has 1 unspecified atom stereocenters. The van der Waals surface area contributed by atoms with Crippen LogP contribution in [0.15, 0.2) is 24.3 Å². The van der Waals surface area contributed by atoms with E-state index in [0.29, 0.717) is 36.8 Å². The van der Waals surface area contributed by atoms with E-state index < -0.39 is 0 Å². The lowest BCUT2D eigenvalue weighted by Gasteiger charge is -2.08. The standard InChI is InChI=1S/C16H23BrO4/c1-14(17)3-2-8-19-9-10-20-11-12-21-16-6-4-15(13-18)5-7-16/h4-7,13-14H,2-3,8-12H2,1H3. The zero-order chi connectivity index (χ0) is 15.3. The zero-order valence-corrected chi connectivity index (χ0v) is 14.0. The minimum Gasteiger partial charge on any atom is -0.491 e. The van der Waals surface area contributed by atoms with Crippen LogP contribution < -0.4 is 4.74 Å². The van der Waals surface area contributed by atoms with E-state index in [4.69, 9.17) is 14.2 Å². The van der Waals surface area contributed by atoms with Crippen molar-refractivity contribution in [1.29, 1.82) is 0 Å². The van der Waals surface area contributed by atoms with Crippen LogP contribution in [0.4, 0.5) is 0 Å². The van der Waals surface area contributed by atoms with Gasteiger partial charge in [-0.25, -0.2) is 0 Å². The van der Waals surface area contributed by atoms with Crippen LogP contribution in [0.2, 0.25) is 0 Å². The second-order valence-electron chi connectivity index (χ2n) is 4.68. The SMILES string of the molecule is CC(Br)CCCOCCOCCOc1ccc(C=O)cc1. The fraction of sp³-hybridized carbons (Fsp3) is 0.562. The third-order valence-electron chi connectivity index (χ3n) is 2.78. The van der Waals surface area contributed by atoms with Crippen molar-refractivity contribution in [3.63, 3.8) is 0 Å². The van der Waals surface area contributed by atoms with Crippen LogP contribution in [-0.4, -0.2) is 44.1 Å². The minimum absolute atomic E-state index is 0.488. The summed E-state index contributed by atoms with van der Waals surface area (Å²) < 4.78 is 16.4. The van der Waals surface area contributed by atoms with Gasteiger partial charge < -0.3 is 14.2 Å². The molecule has 0 N–H and O–H groups in total. The Morgan fingerprint density at radius 3 is 2.29 bits per heavy atom. The van der Waals surface area contributed by atoms with Gasteiger partial charge in [-0.15, -0.1) is 0 Å². The molecule has 0 aliphatic carbocycles. The molecule has 1 aromatic rings. The second-order valence-corrected chi connectivity index (χ2v) is 6.25. The molecule has 4 nitrogen and oxygen atoms in total. The maximum absolute atomic E-state index is 10.5. The van der Waals surface area contributed by atoms with E-state index in [0.717, 1.165) is 31.5 Å². The smallest absolute Gasteiger partial charge is 0.150 e. The number of rotatable bonds is 12. The van der Waals surface area contributed by atoms with Crippen molar-refractivity contribution in [2.24, 2.45) is 0 Å². The summed E-state index contributed by atoms with van der Waals surface area (Å²) in [7, 11) is 0. The van der Waals surface area contributed by atoms with E-state index in [1.54, 1.807) is 24.3 Å². The highest BCUT2D eigenvalue weighted by Crippen LogP contribution is 2.10. The Morgan fingerprint density at radius 2 is 1.67 bits per heavy atom. The quantitative estimate of drug-likeness (QED) is 0.326. The van der Waals surface area contributed by atoms with Crippen molar-refractivity contribution in [2.45, 2.75) is 24.6 Å². The maximum atomic E-state index is 10.5. The van der Waals surface area contributed by atoms with E-state index >= 15 is 0 Å². The molecule has 1 rings (SSSR count). The van der Waals surface area contributed by atoms with Gasteiger partial charge in [0.25, 0.3) is 0 Å². The maximum Gasteiger partial charge on any atom is 0.150 e. The van der Waals surface area contributed by atoms with Crippen LogP contribution in [0, 0.1) is 0 Å². The molecule has 0 aliphatic rings. The average Bonchev–Trinajstić information content (AvgIpc) is 2.49. The number of carbonyl (C=O) groups is 1. The summed E-state index contributed by atoms with van der Waals surface area (Å²) in [6.07, 6.45) is 3.00. The molecule has 0 saturated heterocycles. The van der Waals surface area contributed by atoms with Crippen LogP contribution in [0.1, 0.15) is 30.1 Å². The van der Waals surface area contributed by atoms with Gasteiger partial charge in [-0.05, 0) is 37.1 Å². The normalized spacial score (nSPS) is 12.1. The number of benzene rings is 1. The summed E-state index contributed by atoms with van der Waals surface area (Å²) in [6.45, 7) is 5.12. The summed E-state index contributed by atoms with van der Waals surface area (Å²) in [5, 5.41) is 0. The van der Waals surface area contributed by atoms with Crippen molar-refractivity contribution in [1.82, 2.24) is 0 Å². The highest BCUT2D eigenvalue weighted by Gasteiger charge is 1.97. The van der Waals surface area contributed by atoms with Gasteiger partial charge in [0.1, 0.15) is 18.6 Å². The van der Waals surface area contributed by atoms with E-state index in [-0.39, 0.29) is 0 Å². The number of carbonyl (C=O) groups excluding carboxylic acids is 1. The van der Waals surface area contributed by atoms with E-state index in [1.165, 1.54) is 0 Å². The molecule has 0 fully saturated rings. The van der Waals surface area contributed by atoms with Gasteiger partial charge >= 0.3 is 0 Å². The largest absolute Gasteiger partial charge is 0.491 e. The van der Waals surface area contributed by atoms with Gasteiger partial charge in [0, 0.05) is 17.0 Å². The number of hydrogen-bond acceptors (Lipinski definition) is 4. The average molecular weight is 359 g/mol. The summed E-state index contributed by atoms with van der Waals surface area (Å²) in [5.41, 5.74) is 0.644. The molecule has 0 amide bonds. The molecule has 0 aliphatic heterocycles. The van der Waals surface area contributed by atoms with Crippen molar-refractivity contribution in [2.75, 3.05) is 33.0 Å². The second kappa shape index (κ2) is 11.7. The summed E-state index contributed by atoms with van der Waals surface area (Å²) in [5.74, 6) is 0.740. The Labute approximate surface area is 134 Å². The van der Waals surface area contributed by atoms with E-state index in [9.17, 15) is 4.79 Å². The van der Waals surface area contributed by atoms with Crippen molar-refractivity contribution in [3.8, 4) is 5.75 Å². The lowest BCUT2D eigenvalue weighted by atomic mass is 10.2. The van der Waals surface area contributed by atoms with Crippen LogP contribution in [0.3, 0.4) is 0 Å². The Kier molecular flexibility index (Phi) is 10.1. The van der Waals surface area contributed by atoms with Gasteiger partial charge in [-0.3, -0.25) is 4.79 Å². The highest BCUT2D eigenvalue weighted by molar-refractivity contribution is 9.09. The molecule has 0 bridgehead atoms. The molecule has 1 atom stereocenters. The van der Waals surface area contributed by atoms with Gasteiger partial charge in [-0.2, -0.15) is 0 Å². The van der Waals surface area contributed by atoms with Crippen LogP contribution >= 0.6 is 15.9 Å². The van der Waals surface area contributed by atoms with Crippen LogP contribution in [-0.2, 0) is 9.47 Å². The minimum atomic E-state index is 0.488. The van der Waals surface area contributed by atoms with Crippen molar-refractivity contribution >= 4 is 22.2 Å². The Balaban J connectivity index is 1.91. The molecule has 1 aromatic carbocycles. The molecular weight excluding hydrogens is 336 g/mol. The molecule has 21 heavy (non-hydrogen) atoms. The number of halogens is 1. The monoisotopic (exact) mass is 358 g/mol. The number of aldehydes is 1. The fourth-order valence-electron chi connectivity index (χ4n) is 1.65. The molecule has 0 heterocycles. The number of hydrogen-bond donors (Lipinski definition) is 0. The summed E-state index contributed by atoms with van der Waals surface area (Å²) >= 11 is 3.50. The van der Waals surface area contributed by atoms with Gasteiger partial charge in [-0.1, -0.05) is 22.9 Å². The first-order valence-corrected chi connectivity index (χ1v) is 8.11. The summed E-state index contributed by atoms with van der Waals surface area (Å²) in [4.78, 5) is 11.1. The first kappa shape index (κ1) is 18.1. The molecule has 5 heteroatoms. The van der Waals surface area contributed by atoms with Gasteiger partial charge in [0.15, 0.2) is 0 Å². The van der Waals surface area contributed by atoms with Crippen molar-refractivity contribution in [3.05, 3.63) is 29.8 Å². The molecule has 0 spiro atoms. The predicted molar refractivity (Wildman–Crippen MR) is 86.6 cm³/mol. The number of alkyl halides is 1. The number of ether oxygens (including phenoxy) is 3. The fourth-order valence-corrected chi connectivity index (χ4v) is 1.97. The Morgan fingerprint density at radius 1 is 1.05 bits per heavy atom. The van der Waals surface area contributed by atoms with E-state index in [2.05, 4.69) is 22.9 Å². The molecule has 118 valence electrons.